The smallest absolute Gasteiger partial charge is 0.324 e. The molecule has 0 spiro atoms. The molecule has 1 aromatic rings. The number of aromatic nitrogens is 2. The first kappa shape index (κ1) is 24.7. The Labute approximate surface area is 167 Å². The van der Waals surface area contributed by atoms with Crippen LogP contribution in [0.2, 0.25) is 0 Å². The Morgan fingerprint density at radius 3 is 2.38 bits per heavy atom. The number of H-pyrrole nitrogens is 1. The minimum atomic E-state index is -1.97. The summed E-state index contributed by atoms with van der Waals surface area (Å²) in [5.74, 6) is -3.17. The van der Waals surface area contributed by atoms with Crippen LogP contribution in [0.1, 0.15) is 19.5 Å². The van der Waals surface area contributed by atoms with Crippen molar-refractivity contribution in [1.29, 1.82) is 0 Å². The highest BCUT2D eigenvalue weighted by molar-refractivity contribution is 5.90. The molecular formula is C17H28N4O8. The summed E-state index contributed by atoms with van der Waals surface area (Å²) in [6.45, 7) is 1.60. The van der Waals surface area contributed by atoms with Gasteiger partial charge in [0.25, 0.3) is 0 Å². The van der Waals surface area contributed by atoms with Crippen LogP contribution in [0.15, 0.2) is 12.5 Å². The van der Waals surface area contributed by atoms with E-state index in [-0.39, 0.29) is 12.3 Å². The Kier molecular flexibility index (Phi) is 9.85. The van der Waals surface area contributed by atoms with Gasteiger partial charge < -0.3 is 41.2 Å². The summed E-state index contributed by atoms with van der Waals surface area (Å²) in [5.41, 5.74) is 11.8. The fourth-order valence-corrected chi connectivity index (χ4v) is 2.15. The Morgan fingerprint density at radius 1 is 1.21 bits per heavy atom. The van der Waals surface area contributed by atoms with Crippen LogP contribution in [0.25, 0.3) is 0 Å². The number of carbonyl (C=O) groups excluding carboxylic acids is 3. The molecule has 0 aromatic carbocycles. The summed E-state index contributed by atoms with van der Waals surface area (Å²) in [5, 5.41) is 28.7. The van der Waals surface area contributed by atoms with E-state index in [9.17, 15) is 24.6 Å². The lowest BCUT2D eigenvalue weighted by molar-refractivity contribution is -0.172. The maximum Gasteiger partial charge on any atom is 0.324 e. The van der Waals surface area contributed by atoms with Crippen LogP contribution < -0.4 is 11.5 Å². The van der Waals surface area contributed by atoms with Gasteiger partial charge >= 0.3 is 11.9 Å². The van der Waals surface area contributed by atoms with Crippen molar-refractivity contribution < 1.29 is 39.2 Å². The van der Waals surface area contributed by atoms with Crippen molar-refractivity contribution in [2.75, 3.05) is 13.2 Å². The number of aromatic amines is 1. The molecule has 0 aliphatic heterocycles. The molecule has 0 radical (unpaired) electrons. The van der Waals surface area contributed by atoms with Crippen molar-refractivity contribution >= 4 is 17.7 Å². The highest BCUT2D eigenvalue weighted by Gasteiger charge is 2.37. The van der Waals surface area contributed by atoms with Gasteiger partial charge in [0.05, 0.1) is 18.6 Å². The SMILES string of the molecule is CC(C)[C@H](N)C(=O)OCC(=O)[C@@H](OC(=O)[C@@H](N)Cc1c[nH]cn1)[C@H](O)[C@H](O)CO. The van der Waals surface area contributed by atoms with Crippen LogP contribution in [0.3, 0.4) is 0 Å². The quantitative estimate of drug-likeness (QED) is 0.189. The Hall–Kier alpha value is -2.38. The third-order valence-corrected chi connectivity index (χ3v) is 4.09. The van der Waals surface area contributed by atoms with E-state index in [1.807, 2.05) is 0 Å². The zero-order chi connectivity index (χ0) is 22.1. The summed E-state index contributed by atoms with van der Waals surface area (Å²) in [6.07, 6.45) is -2.79. The predicted octanol–water partition coefficient (Wildman–Crippen LogP) is -3.00. The molecule has 29 heavy (non-hydrogen) atoms. The lowest BCUT2D eigenvalue weighted by Crippen LogP contribution is -2.50. The van der Waals surface area contributed by atoms with Gasteiger partial charge in [-0.3, -0.25) is 14.4 Å². The Balaban J connectivity index is 2.80. The Bertz CT molecular complexity index is 666. The van der Waals surface area contributed by atoms with Crippen molar-refractivity contribution in [3.05, 3.63) is 18.2 Å². The number of esters is 2. The molecule has 1 heterocycles. The molecule has 0 fully saturated rings. The van der Waals surface area contributed by atoms with Crippen LogP contribution in [-0.4, -0.2) is 86.6 Å². The van der Waals surface area contributed by atoms with E-state index in [0.717, 1.165) is 0 Å². The van der Waals surface area contributed by atoms with Crippen LogP contribution in [0.5, 0.6) is 0 Å². The number of nitrogens with one attached hydrogen (secondary N) is 1. The number of nitrogens with zero attached hydrogens (tertiary/aromatic N) is 1. The minimum absolute atomic E-state index is 0.0138. The molecule has 0 saturated heterocycles. The number of hydrogen-bond donors (Lipinski definition) is 6. The normalized spacial score (nSPS) is 16.6. The molecule has 0 aliphatic rings. The van der Waals surface area contributed by atoms with Gasteiger partial charge in [-0.15, -0.1) is 0 Å². The largest absolute Gasteiger partial charge is 0.456 e. The molecule has 5 atom stereocenters. The molecular weight excluding hydrogens is 388 g/mol. The van der Waals surface area contributed by atoms with Gasteiger partial charge in [-0.1, -0.05) is 13.8 Å². The van der Waals surface area contributed by atoms with Gasteiger partial charge in [-0.25, -0.2) is 4.98 Å². The first-order chi connectivity index (χ1) is 13.6. The van der Waals surface area contributed by atoms with E-state index in [1.165, 1.54) is 12.5 Å². The molecule has 0 unspecified atom stereocenters. The molecule has 12 heteroatoms. The molecule has 1 rings (SSSR count). The molecule has 8 N–H and O–H groups in total. The first-order valence-electron chi connectivity index (χ1n) is 8.94. The summed E-state index contributed by atoms with van der Waals surface area (Å²) in [4.78, 5) is 43.0. The van der Waals surface area contributed by atoms with Crippen LogP contribution in [0, 0.1) is 5.92 Å². The highest BCUT2D eigenvalue weighted by Crippen LogP contribution is 2.10. The second-order valence-corrected chi connectivity index (χ2v) is 6.81. The summed E-state index contributed by atoms with van der Waals surface area (Å²) in [6, 6.07) is -2.19. The molecule has 12 nitrogen and oxygen atoms in total. The third-order valence-electron chi connectivity index (χ3n) is 4.09. The second-order valence-electron chi connectivity index (χ2n) is 6.81. The fraction of sp³-hybridized carbons (Fsp3) is 0.647. The topological polar surface area (TPSA) is 211 Å². The predicted molar refractivity (Wildman–Crippen MR) is 98.0 cm³/mol. The van der Waals surface area contributed by atoms with Crippen LogP contribution in [0.4, 0.5) is 0 Å². The number of Topliss-reactive ketones (excluding diaryl/α,β-unsaturated/α-hetero) is 1. The third kappa shape index (κ3) is 7.51. The first-order valence-corrected chi connectivity index (χ1v) is 8.94. The molecule has 164 valence electrons. The van der Waals surface area contributed by atoms with Gasteiger partial charge in [0.15, 0.2) is 12.7 Å². The lowest BCUT2D eigenvalue weighted by atomic mass is 10.0. The van der Waals surface area contributed by atoms with Crippen molar-refractivity contribution in [3.8, 4) is 0 Å². The maximum absolute atomic E-state index is 12.4. The molecule has 0 bridgehead atoms. The van der Waals surface area contributed by atoms with Crippen molar-refractivity contribution in [3.63, 3.8) is 0 Å². The van der Waals surface area contributed by atoms with Crippen molar-refractivity contribution in [1.82, 2.24) is 9.97 Å². The number of nitrogens with two attached hydrogens (primary N) is 2. The minimum Gasteiger partial charge on any atom is -0.456 e. The zero-order valence-electron chi connectivity index (χ0n) is 16.2. The van der Waals surface area contributed by atoms with E-state index in [2.05, 4.69) is 9.97 Å². The summed E-state index contributed by atoms with van der Waals surface area (Å²) < 4.78 is 9.75. The summed E-state index contributed by atoms with van der Waals surface area (Å²) >= 11 is 0. The van der Waals surface area contributed by atoms with Crippen LogP contribution >= 0.6 is 0 Å². The number of ether oxygens (including phenoxy) is 2. The van der Waals surface area contributed by atoms with Crippen molar-refractivity contribution in [2.45, 2.75) is 50.7 Å². The number of ketones is 1. The van der Waals surface area contributed by atoms with Crippen LogP contribution in [-0.2, 0) is 30.3 Å². The van der Waals surface area contributed by atoms with E-state index in [4.69, 9.17) is 26.0 Å². The van der Waals surface area contributed by atoms with Gasteiger partial charge in [0.1, 0.15) is 24.3 Å². The van der Waals surface area contributed by atoms with Gasteiger partial charge in [-0.05, 0) is 5.92 Å². The van der Waals surface area contributed by atoms with E-state index in [1.54, 1.807) is 13.8 Å². The van der Waals surface area contributed by atoms with Gasteiger partial charge in [0.2, 0.25) is 5.78 Å². The average molecular weight is 416 g/mol. The van der Waals surface area contributed by atoms with Crippen molar-refractivity contribution in [2.24, 2.45) is 17.4 Å². The second kappa shape index (κ2) is 11.6. The molecule has 1 aromatic heterocycles. The maximum atomic E-state index is 12.4. The average Bonchev–Trinajstić information content (AvgIpc) is 3.20. The lowest BCUT2D eigenvalue weighted by Gasteiger charge is -2.26. The number of carbonyl (C=O) groups is 3. The number of imidazole rings is 1. The summed E-state index contributed by atoms with van der Waals surface area (Å²) in [7, 11) is 0. The Morgan fingerprint density at radius 2 is 1.86 bits per heavy atom. The highest BCUT2D eigenvalue weighted by atomic mass is 16.6. The molecule has 0 saturated carbocycles. The van der Waals surface area contributed by atoms with E-state index < -0.39 is 61.3 Å². The molecule has 0 aliphatic carbocycles. The van der Waals surface area contributed by atoms with E-state index >= 15 is 0 Å². The number of aliphatic hydroxyl groups is 3. The van der Waals surface area contributed by atoms with Gasteiger partial charge in [-0.2, -0.15) is 0 Å². The number of hydrogen-bond acceptors (Lipinski definition) is 11. The monoisotopic (exact) mass is 416 g/mol. The fourth-order valence-electron chi connectivity index (χ4n) is 2.15. The molecule has 0 amide bonds. The zero-order valence-corrected chi connectivity index (χ0v) is 16.2. The number of rotatable bonds is 12. The standard InChI is InChI=1S/C17H28N4O8/c1-8(2)13(19)17(27)28-6-12(24)15(14(25)11(23)5-22)29-16(26)10(18)3-9-4-20-7-21-9/h4,7-8,10-11,13-15,22-23,25H,3,5-6,18-19H2,1-2H3,(H,20,21)/t10-,11+,13-,14+,15+/m0/s1. The van der Waals surface area contributed by atoms with E-state index in [0.29, 0.717) is 5.69 Å². The van der Waals surface area contributed by atoms with Gasteiger partial charge in [0, 0.05) is 12.6 Å². The number of aliphatic hydroxyl groups excluding tert-OH is 3.